The average molecular weight is 255 g/mol. The summed E-state index contributed by atoms with van der Waals surface area (Å²) in [5.74, 6) is 0.720. The summed E-state index contributed by atoms with van der Waals surface area (Å²) >= 11 is 0. The van der Waals surface area contributed by atoms with E-state index in [9.17, 15) is 4.79 Å². The van der Waals surface area contributed by atoms with E-state index in [4.69, 9.17) is 0 Å². The maximum atomic E-state index is 12.1. The number of hydrogen-bond acceptors (Lipinski definition) is 3. The van der Waals surface area contributed by atoms with Crippen molar-refractivity contribution in [2.45, 2.75) is 18.4 Å². The lowest BCUT2D eigenvalue weighted by molar-refractivity contribution is -0.124. The van der Waals surface area contributed by atoms with Crippen molar-refractivity contribution < 1.29 is 4.79 Å². The van der Waals surface area contributed by atoms with Crippen molar-refractivity contribution in [1.82, 2.24) is 10.6 Å². The predicted octanol–water partition coefficient (Wildman–Crippen LogP) is 1.35. The zero-order chi connectivity index (χ0) is 13.1. The van der Waals surface area contributed by atoms with Gasteiger partial charge in [-0.1, -0.05) is 36.4 Å². The summed E-state index contributed by atoms with van der Waals surface area (Å²) in [5, 5.41) is 6.14. The Balaban J connectivity index is 1.77. The molecule has 3 rings (SSSR count). The molecule has 1 spiro atoms. The summed E-state index contributed by atoms with van der Waals surface area (Å²) in [7, 11) is 0. The largest absolute Gasteiger partial charge is 0.317 e. The highest BCUT2D eigenvalue weighted by atomic mass is 16.2. The molecular weight excluding hydrogens is 238 g/mol. The lowest BCUT2D eigenvalue weighted by atomic mass is 9.89. The molecule has 4 nitrogen and oxygen atoms in total. The number of rotatable bonds is 2. The van der Waals surface area contributed by atoms with E-state index in [1.807, 2.05) is 42.5 Å². The third-order valence-electron chi connectivity index (χ3n) is 3.66. The summed E-state index contributed by atoms with van der Waals surface area (Å²) in [4.78, 5) is 16.7. The molecular formula is C15H17N3O. The summed E-state index contributed by atoms with van der Waals surface area (Å²) in [6.45, 7) is 1.71. The first kappa shape index (κ1) is 12.1. The van der Waals surface area contributed by atoms with Crippen LogP contribution in [0.15, 0.2) is 41.4 Å². The van der Waals surface area contributed by atoms with Gasteiger partial charge in [-0.15, -0.1) is 0 Å². The molecule has 2 aliphatic heterocycles. The van der Waals surface area contributed by atoms with Crippen molar-refractivity contribution in [3.63, 3.8) is 0 Å². The second-order valence-electron chi connectivity index (χ2n) is 4.98. The SMILES string of the molecule is O=C1NC(/C=C/c2ccccc2)=NC12CCNCC2. The number of nitrogens with zero attached hydrogens (tertiary/aromatic N) is 1. The maximum Gasteiger partial charge on any atom is 0.253 e. The minimum Gasteiger partial charge on any atom is -0.317 e. The highest BCUT2D eigenvalue weighted by molar-refractivity contribution is 6.13. The van der Waals surface area contributed by atoms with E-state index in [2.05, 4.69) is 15.6 Å². The van der Waals surface area contributed by atoms with Crippen LogP contribution in [-0.2, 0) is 4.79 Å². The quantitative estimate of drug-likeness (QED) is 0.838. The monoisotopic (exact) mass is 255 g/mol. The number of amidine groups is 1. The van der Waals surface area contributed by atoms with E-state index in [1.54, 1.807) is 0 Å². The Kier molecular flexibility index (Phi) is 3.17. The Bertz CT molecular complexity index is 528. The number of nitrogens with one attached hydrogen (secondary N) is 2. The van der Waals surface area contributed by atoms with E-state index >= 15 is 0 Å². The Morgan fingerprint density at radius 2 is 1.84 bits per heavy atom. The molecule has 4 heteroatoms. The molecule has 0 bridgehead atoms. The van der Waals surface area contributed by atoms with Crippen molar-refractivity contribution >= 4 is 17.8 Å². The topological polar surface area (TPSA) is 53.5 Å². The van der Waals surface area contributed by atoms with Gasteiger partial charge in [-0.3, -0.25) is 9.79 Å². The lowest BCUT2D eigenvalue weighted by Crippen LogP contribution is -2.47. The van der Waals surface area contributed by atoms with Gasteiger partial charge >= 0.3 is 0 Å². The summed E-state index contributed by atoms with van der Waals surface area (Å²) in [5.41, 5.74) is 0.576. The van der Waals surface area contributed by atoms with E-state index in [1.165, 1.54) is 0 Å². The van der Waals surface area contributed by atoms with Crippen LogP contribution in [0.5, 0.6) is 0 Å². The molecule has 0 radical (unpaired) electrons. The molecule has 0 saturated carbocycles. The molecule has 1 aromatic carbocycles. The third kappa shape index (κ3) is 2.44. The number of carbonyl (C=O) groups excluding carboxylic acids is 1. The van der Waals surface area contributed by atoms with E-state index in [0.29, 0.717) is 5.84 Å². The van der Waals surface area contributed by atoms with Crippen LogP contribution in [0.1, 0.15) is 18.4 Å². The van der Waals surface area contributed by atoms with Gasteiger partial charge in [0.1, 0.15) is 11.4 Å². The van der Waals surface area contributed by atoms with Crippen LogP contribution < -0.4 is 10.6 Å². The molecule has 0 atom stereocenters. The lowest BCUT2D eigenvalue weighted by Gasteiger charge is -2.27. The minimum absolute atomic E-state index is 0.0433. The van der Waals surface area contributed by atoms with Gasteiger partial charge in [0.25, 0.3) is 5.91 Å². The smallest absolute Gasteiger partial charge is 0.253 e. The standard InChI is InChI=1S/C15H17N3O/c19-14-15(8-10-16-11-9-15)18-13(17-14)7-6-12-4-2-1-3-5-12/h1-7,16H,8-11H2,(H,17,18,19)/b7-6+. The summed E-state index contributed by atoms with van der Waals surface area (Å²) in [6.07, 6.45) is 5.41. The van der Waals surface area contributed by atoms with Crippen LogP contribution in [0.4, 0.5) is 0 Å². The third-order valence-corrected chi connectivity index (χ3v) is 3.66. The highest BCUT2D eigenvalue weighted by Crippen LogP contribution is 2.27. The zero-order valence-electron chi connectivity index (χ0n) is 10.7. The predicted molar refractivity (Wildman–Crippen MR) is 75.9 cm³/mol. The Morgan fingerprint density at radius 1 is 1.11 bits per heavy atom. The summed E-state index contributed by atoms with van der Waals surface area (Å²) < 4.78 is 0. The van der Waals surface area contributed by atoms with Gasteiger partial charge in [-0.05, 0) is 37.6 Å². The fourth-order valence-corrected chi connectivity index (χ4v) is 2.54. The van der Waals surface area contributed by atoms with Crippen LogP contribution in [0, 0.1) is 0 Å². The van der Waals surface area contributed by atoms with Gasteiger partial charge in [0, 0.05) is 0 Å². The normalized spacial score (nSPS) is 21.7. The van der Waals surface area contributed by atoms with Crippen LogP contribution in [0.2, 0.25) is 0 Å². The van der Waals surface area contributed by atoms with Crippen LogP contribution in [-0.4, -0.2) is 30.4 Å². The molecule has 1 amide bonds. The zero-order valence-corrected chi connectivity index (χ0v) is 10.7. The molecule has 2 aliphatic rings. The van der Waals surface area contributed by atoms with Crippen LogP contribution in [0.25, 0.3) is 6.08 Å². The van der Waals surface area contributed by atoms with Crippen molar-refractivity contribution in [1.29, 1.82) is 0 Å². The van der Waals surface area contributed by atoms with Gasteiger partial charge in [0.15, 0.2) is 0 Å². The molecule has 2 N–H and O–H groups in total. The first-order chi connectivity index (χ1) is 9.28. The van der Waals surface area contributed by atoms with Gasteiger partial charge in [-0.2, -0.15) is 0 Å². The van der Waals surface area contributed by atoms with Crippen molar-refractivity contribution in [3.05, 3.63) is 42.0 Å². The fraction of sp³-hybridized carbons (Fsp3) is 0.333. The van der Waals surface area contributed by atoms with Crippen LogP contribution in [0.3, 0.4) is 0 Å². The maximum absolute atomic E-state index is 12.1. The number of piperidine rings is 1. The Labute approximate surface area is 112 Å². The average Bonchev–Trinajstić information content (AvgIpc) is 2.75. The highest BCUT2D eigenvalue weighted by Gasteiger charge is 2.43. The van der Waals surface area contributed by atoms with Gasteiger partial charge in [-0.25, -0.2) is 0 Å². The Morgan fingerprint density at radius 3 is 2.58 bits per heavy atom. The van der Waals surface area contributed by atoms with Gasteiger partial charge < -0.3 is 10.6 Å². The fourth-order valence-electron chi connectivity index (χ4n) is 2.54. The van der Waals surface area contributed by atoms with E-state index in [0.717, 1.165) is 31.5 Å². The van der Waals surface area contributed by atoms with Crippen molar-refractivity contribution in [2.24, 2.45) is 4.99 Å². The minimum atomic E-state index is -0.526. The number of carbonyl (C=O) groups is 1. The molecule has 98 valence electrons. The van der Waals surface area contributed by atoms with E-state index < -0.39 is 5.54 Å². The van der Waals surface area contributed by atoms with E-state index in [-0.39, 0.29) is 5.91 Å². The first-order valence-electron chi connectivity index (χ1n) is 6.64. The number of benzene rings is 1. The number of amides is 1. The molecule has 0 aromatic heterocycles. The van der Waals surface area contributed by atoms with Gasteiger partial charge in [0.2, 0.25) is 0 Å². The second-order valence-corrected chi connectivity index (χ2v) is 4.98. The molecule has 0 aliphatic carbocycles. The molecule has 1 aromatic rings. The van der Waals surface area contributed by atoms with Crippen molar-refractivity contribution in [2.75, 3.05) is 13.1 Å². The molecule has 2 heterocycles. The number of hydrogen-bond donors (Lipinski definition) is 2. The first-order valence-corrected chi connectivity index (χ1v) is 6.64. The van der Waals surface area contributed by atoms with Crippen molar-refractivity contribution in [3.8, 4) is 0 Å². The van der Waals surface area contributed by atoms with Gasteiger partial charge in [0.05, 0.1) is 0 Å². The number of aliphatic imine (C=N–C) groups is 1. The molecule has 1 fully saturated rings. The molecule has 19 heavy (non-hydrogen) atoms. The van der Waals surface area contributed by atoms with Crippen LogP contribution >= 0.6 is 0 Å². The molecule has 1 saturated heterocycles. The Hall–Kier alpha value is -1.94. The second kappa shape index (κ2) is 4.97. The molecule has 0 unspecified atom stereocenters. The summed E-state index contributed by atoms with van der Waals surface area (Å²) in [6, 6.07) is 10.0.